The molecule has 3 aromatic rings. The van der Waals surface area contributed by atoms with E-state index in [0.29, 0.717) is 5.56 Å². The molecule has 206 valence electrons. The molecule has 3 N–H and O–H groups in total. The molecule has 0 saturated carbocycles. The molecule has 40 heavy (non-hydrogen) atoms. The predicted octanol–water partition coefficient (Wildman–Crippen LogP) is 3.23. The third kappa shape index (κ3) is 6.48. The van der Waals surface area contributed by atoms with E-state index in [9.17, 15) is 24.0 Å². The maximum absolute atomic E-state index is 13.3. The van der Waals surface area contributed by atoms with Gasteiger partial charge < -0.3 is 10.6 Å². The Kier molecular flexibility index (Phi) is 8.83. The molecule has 9 heteroatoms. The van der Waals surface area contributed by atoms with E-state index in [1.807, 2.05) is 42.5 Å². The SMILES string of the molecule is CC(C)[C@H](NC(=O)C[C@H](NC(=O)c1cc(-c2ccccc2)ccn1)c1ccccc1)C(=O)[C@@H]1C(=O)NC(=O)[C@H]1C. The van der Waals surface area contributed by atoms with Crippen LogP contribution in [0.5, 0.6) is 0 Å². The Morgan fingerprint density at radius 1 is 0.875 bits per heavy atom. The minimum absolute atomic E-state index is 0.157. The molecule has 2 aromatic carbocycles. The van der Waals surface area contributed by atoms with E-state index in [4.69, 9.17) is 0 Å². The normalized spacial score (nSPS) is 18.1. The van der Waals surface area contributed by atoms with Crippen LogP contribution >= 0.6 is 0 Å². The summed E-state index contributed by atoms with van der Waals surface area (Å²) in [6, 6.07) is 20.5. The maximum Gasteiger partial charge on any atom is 0.270 e. The van der Waals surface area contributed by atoms with Crippen molar-refractivity contribution in [1.29, 1.82) is 0 Å². The van der Waals surface area contributed by atoms with Gasteiger partial charge in [0.1, 0.15) is 11.6 Å². The fourth-order valence-electron chi connectivity index (χ4n) is 4.78. The van der Waals surface area contributed by atoms with Crippen LogP contribution in [0.25, 0.3) is 11.1 Å². The number of ketones is 1. The first-order chi connectivity index (χ1) is 19.2. The number of amides is 4. The highest BCUT2D eigenvalue weighted by molar-refractivity contribution is 6.16. The van der Waals surface area contributed by atoms with Crippen molar-refractivity contribution >= 4 is 29.4 Å². The van der Waals surface area contributed by atoms with Gasteiger partial charge in [-0.15, -0.1) is 0 Å². The number of nitrogens with zero attached hydrogens (tertiary/aromatic N) is 1. The van der Waals surface area contributed by atoms with Crippen LogP contribution in [0, 0.1) is 17.8 Å². The van der Waals surface area contributed by atoms with Crippen LogP contribution in [0.3, 0.4) is 0 Å². The lowest BCUT2D eigenvalue weighted by Gasteiger charge is -2.26. The van der Waals surface area contributed by atoms with Crippen LogP contribution in [0.15, 0.2) is 79.0 Å². The van der Waals surface area contributed by atoms with Crippen molar-refractivity contribution in [3.63, 3.8) is 0 Å². The van der Waals surface area contributed by atoms with Crippen LogP contribution in [0.2, 0.25) is 0 Å². The fraction of sp³-hybridized carbons (Fsp3) is 0.290. The molecule has 1 aromatic heterocycles. The molecule has 0 aliphatic carbocycles. The first kappa shape index (κ1) is 28.4. The van der Waals surface area contributed by atoms with E-state index in [1.165, 1.54) is 6.92 Å². The molecule has 2 heterocycles. The number of hydrogen-bond donors (Lipinski definition) is 3. The van der Waals surface area contributed by atoms with E-state index in [1.54, 1.807) is 50.4 Å². The second-order valence-electron chi connectivity index (χ2n) is 10.2. The summed E-state index contributed by atoms with van der Waals surface area (Å²) in [6.07, 6.45) is 1.40. The van der Waals surface area contributed by atoms with E-state index >= 15 is 0 Å². The molecular formula is C31H32N4O5. The van der Waals surface area contributed by atoms with Gasteiger partial charge in [-0.1, -0.05) is 81.4 Å². The monoisotopic (exact) mass is 540 g/mol. The first-order valence-corrected chi connectivity index (χ1v) is 13.2. The minimum Gasteiger partial charge on any atom is -0.346 e. The van der Waals surface area contributed by atoms with Gasteiger partial charge in [-0.05, 0) is 34.7 Å². The molecule has 0 spiro atoms. The number of carbonyl (C=O) groups is 5. The molecule has 1 aliphatic rings. The van der Waals surface area contributed by atoms with Crippen molar-refractivity contribution in [2.75, 3.05) is 0 Å². The summed E-state index contributed by atoms with van der Waals surface area (Å²) in [6.45, 7) is 5.03. The molecule has 0 unspecified atom stereocenters. The lowest BCUT2D eigenvalue weighted by atomic mass is 9.85. The zero-order valence-corrected chi connectivity index (χ0v) is 22.6. The molecule has 0 bridgehead atoms. The molecule has 4 amide bonds. The van der Waals surface area contributed by atoms with Crippen molar-refractivity contribution in [1.82, 2.24) is 20.9 Å². The summed E-state index contributed by atoms with van der Waals surface area (Å²) < 4.78 is 0. The van der Waals surface area contributed by atoms with Gasteiger partial charge in [0, 0.05) is 6.20 Å². The number of Topliss-reactive ketones (excluding diaryl/α,β-unsaturated/α-hetero) is 1. The summed E-state index contributed by atoms with van der Waals surface area (Å²) in [5.74, 6) is -4.91. The van der Waals surface area contributed by atoms with Gasteiger partial charge in [0.05, 0.1) is 24.4 Å². The lowest BCUT2D eigenvalue weighted by molar-refractivity contribution is -0.137. The van der Waals surface area contributed by atoms with Crippen LogP contribution in [0.1, 0.15) is 49.3 Å². The summed E-state index contributed by atoms with van der Waals surface area (Å²) >= 11 is 0. The van der Waals surface area contributed by atoms with Gasteiger partial charge in [-0.2, -0.15) is 0 Å². The molecule has 4 atom stereocenters. The van der Waals surface area contributed by atoms with Gasteiger partial charge in [-0.25, -0.2) is 0 Å². The average Bonchev–Trinajstić information content (AvgIpc) is 3.22. The number of aromatic nitrogens is 1. The minimum atomic E-state index is -1.16. The molecular weight excluding hydrogens is 508 g/mol. The molecule has 9 nitrogen and oxygen atoms in total. The number of rotatable bonds is 10. The zero-order valence-electron chi connectivity index (χ0n) is 22.6. The summed E-state index contributed by atoms with van der Waals surface area (Å²) in [7, 11) is 0. The van der Waals surface area contributed by atoms with Crippen molar-refractivity contribution in [2.24, 2.45) is 17.8 Å². The first-order valence-electron chi connectivity index (χ1n) is 13.2. The largest absolute Gasteiger partial charge is 0.346 e. The second kappa shape index (κ2) is 12.5. The van der Waals surface area contributed by atoms with Crippen LogP contribution in [0.4, 0.5) is 0 Å². The van der Waals surface area contributed by atoms with Crippen molar-refractivity contribution in [3.05, 3.63) is 90.3 Å². The number of carbonyl (C=O) groups excluding carboxylic acids is 5. The highest BCUT2D eigenvalue weighted by Gasteiger charge is 2.46. The van der Waals surface area contributed by atoms with Crippen molar-refractivity contribution in [2.45, 2.75) is 39.3 Å². The average molecular weight is 541 g/mol. The smallest absolute Gasteiger partial charge is 0.270 e. The second-order valence-corrected chi connectivity index (χ2v) is 10.2. The highest BCUT2D eigenvalue weighted by atomic mass is 16.2. The Bertz CT molecular complexity index is 1410. The number of pyridine rings is 1. The van der Waals surface area contributed by atoms with E-state index in [0.717, 1.165) is 11.1 Å². The molecule has 4 rings (SSSR count). The van der Waals surface area contributed by atoms with Crippen molar-refractivity contribution in [3.8, 4) is 11.1 Å². The summed E-state index contributed by atoms with van der Waals surface area (Å²) in [5, 5.41) is 7.84. The van der Waals surface area contributed by atoms with Crippen LogP contribution < -0.4 is 16.0 Å². The van der Waals surface area contributed by atoms with Gasteiger partial charge in [0.2, 0.25) is 17.7 Å². The molecule has 0 radical (unpaired) electrons. The third-order valence-electron chi connectivity index (χ3n) is 7.04. The molecule has 1 saturated heterocycles. The topological polar surface area (TPSA) is 134 Å². The Balaban J connectivity index is 1.51. The molecule has 1 aliphatic heterocycles. The number of nitrogens with one attached hydrogen (secondary N) is 3. The van der Waals surface area contributed by atoms with Crippen molar-refractivity contribution < 1.29 is 24.0 Å². The third-order valence-corrected chi connectivity index (χ3v) is 7.04. The van der Waals surface area contributed by atoms with Gasteiger partial charge in [0.15, 0.2) is 5.78 Å². The maximum atomic E-state index is 13.3. The Labute approximate surface area is 232 Å². The fourth-order valence-corrected chi connectivity index (χ4v) is 4.78. The highest BCUT2D eigenvalue weighted by Crippen LogP contribution is 2.24. The Hall–Kier alpha value is -4.66. The van der Waals surface area contributed by atoms with E-state index in [-0.39, 0.29) is 18.0 Å². The Morgan fingerprint density at radius 2 is 1.52 bits per heavy atom. The number of benzene rings is 2. The number of imide groups is 1. The lowest BCUT2D eigenvalue weighted by Crippen LogP contribution is -2.49. The van der Waals surface area contributed by atoms with Crippen LogP contribution in [-0.2, 0) is 19.2 Å². The van der Waals surface area contributed by atoms with E-state index in [2.05, 4.69) is 20.9 Å². The standard InChI is InChI=1S/C31H32N4O5/c1-18(2)27(28(37)26-19(3)29(38)35-31(26)40)34-25(36)17-23(21-12-8-5-9-13-21)33-30(39)24-16-22(14-15-32-24)20-10-6-4-7-11-20/h4-16,18-19,23,26-27H,17H2,1-3H3,(H,33,39)(H,34,36)(H,35,38,40)/t19-,23-,26+,27-/m0/s1. The summed E-state index contributed by atoms with van der Waals surface area (Å²) in [4.78, 5) is 68.2. The molecule has 1 fully saturated rings. The van der Waals surface area contributed by atoms with Gasteiger partial charge >= 0.3 is 0 Å². The van der Waals surface area contributed by atoms with Gasteiger partial charge in [0.25, 0.3) is 5.91 Å². The zero-order chi connectivity index (χ0) is 28.8. The number of hydrogen-bond acceptors (Lipinski definition) is 6. The summed E-state index contributed by atoms with van der Waals surface area (Å²) in [5.41, 5.74) is 2.67. The Morgan fingerprint density at radius 3 is 2.12 bits per heavy atom. The quantitative estimate of drug-likeness (QED) is 0.267. The van der Waals surface area contributed by atoms with E-state index < -0.39 is 53.3 Å². The van der Waals surface area contributed by atoms with Crippen LogP contribution in [-0.4, -0.2) is 40.4 Å². The predicted molar refractivity (Wildman–Crippen MR) is 149 cm³/mol. The van der Waals surface area contributed by atoms with Gasteiger partial charge in [-0.3, -0.25) is 34.3 Å².